The Kier molecular flexibility index (Phi) is 4.96. The van der Waals surface area contributed by atoms with E-state index in [4.69, 9.17) is 0 Å². The van der Waals surface area contributed by atoms with Crippen LogP contribution in [0.4, 0.5) is 0 Å². The molecule has 0 spiro atoms. The lowest BCUT2D eigenvalue weighted by molar-refractivity contribution is -0.133. The van der Waals surface area contributed by atoms with Gasteiger partial charge in [0.05, 0.1) is 6.54 Å². The van der Waals surface area contributed by atoms with Crippen molar-refractivity contribution in [1.82, 2.24) is 14.7 Å². The third-order valence-electron chi connectivity index (χ3n) is 3.69. The Balaban J connectivity index is 1.84. The molecule has 0 N–H and O–H groups in total. The molecule has 106 valence electrons. The second-order valence-electron chi connectivity index (χ2n) is 5.39. The van der Waals surface area contributed by atoms with Crippen molar-refractivity contribution in [3.05, 3.63) is 22.4 Å². The van der Waals surface area contributed by atoms with E-state index in [2.05, 4.69) is 28.7 Å². The minimum absolute atomic E-state index is 0.243. The van der Waals surface area contributed by atoms with Crippen LogP contribution in [-0.4, -0.2) is 67.4 Å². The second kappa shape index (κ2) is 6.50. The molecule has 5 heteroatoms. The Morgan fingerprint density at radius 2 is 2.05 bits per heavy atom. The molecule has 1 aromatic heterocycles. The zero-order valence-corrected chi connectivity index (χ0v) is 12.8. The van der Waals surface area contributed by atoms with Crippen LogP contribution in [0.5, 0.6) is 0 Å². The minimum atomic E-state index is 0.243. The number of nitrogens with zero attached hydrogens (tertiary/aromatic N) is 3. The maximum Gasteiger partial charge on any atom is 0.236 e. The van der Waals surface area contributed by atoms with Crippen LogP contribution < -0.4 is 0 Å². The SMILES string of the molecule is CC(c1ccsc1)N1CCN(C(=O)CN(C)C)CC1. The van der Waals surface area contributed by atoms with Gasteiger partial charge in [-0.05, 0) is 43.4 Å². The van der Waals surface area contributed by atoms with Crippen molar-refractivity contribution in [2.75, 3.05) is 46.8 Å². The highest BCUT2D eigenvalue weighted by Gasteiger charge is 2.24. The molecule has 0 saturated carbocycles. The molecule has 0 bridgehead atoms. The van der Waals surface area contributed by atoms with Crippen molar-refractivity contribution in [3.63, 3.8) is 0 Å². The average Bonchev–Trinajstić information content (AvgIpc) is 2.91. The van der Waals surface area contributed by atoms with E-state index >= 15 is 0 Å². The fraction of sp³-hybridized carbons (Fsp3) is 0.643. The topological polar surface area (TPSA) is 26.8 Å². The highest BCUT2D eigenvalue weighted by atomic mass is 32.1. The van der Waals surface area contributed by atoms with Crippen molar-refractivity contribution in [2.24, 2.45) is 0 Å². The maximum absolute atomic E-state index is 12.0. The molecular weight excluding hydrogens is 258 g/mol. The molecule has 0 aliphatic carbocycles. The van der Waals surface area contributed by atoms with Gasteiger partial charge in [-0.2, -0.15) is 11.3 Å². The Labute approximate surface area is 119 Å². The van der Waals surface area contributed by atoms with Gasteiger partial charge in [0, 0.05) is 32.2 Å². The summed E-state index contributed by atoms with van der Waals surface area (Å²) in [4.78, 5) is 18.4. The van der Waals surface area contributed by atoms with E-state index in [-0.39, 0.29) is 5.91 Å². The van der Waals surface area contributed by atoms with Crippen LogP contribution in [0.15, 0.2) is 16.8 Å². The molecule has 19 heavy (non-hydrogen) atoms. The number of piperazine rings is 1. The molecule has 1 atom stereocenters. The van der Waals surface area contributed by atoms with Gasteiger partial charge in [-0.15, -0.1) is 0 Å². The molecule has 0 aromatic carbocycles. The number of hydrogen-bond acceptors (Lipinski definition) is 4. The first kappa shape index (κ1) is 14.5. The quantitative estimate of drug-likeness (QED) is 0.837. The second-order valence-corrected chi connectivity index (χ2v) is 6.17. The zero-order valence-electron chi connectivity index (χ0n) is 12.0. The smallest absolute Gasteiger partial charge is 0.236 e. The Morgan fingerprint density at radius 1 is 1.37 bits per heavy atom. The van der Waals surface area contributed by atoms with Crippen LogP contribution in [0.1, 0.15) is 18.5 Å². The molecule has 1 aliphatic rings. The van der Waals surface area contributed by atoms with Gasteiger partial charge < -0.3 is 9.80 Å². The van der Waals surface area contributed by atoms with Crippen LogP contribution in [-0.2, 0) is 4.79 Å². The van der Waals surface area contributed by atoms with Gasteiger partial charge >= 0.3 is 0 Å². The lowest BCUT2D eigenvalue weighted by Gasteiger charge is -2.38. The van der Waals surface area contributed by atoms with E-state index in [0.29, 0.717) is 12.6 Å². The van der Waals surface area contributed by atoms with Crippen molar-refractivity contribution in [2.45, 2.75) is 13.0 Å². The lowest BCUT2D eigenvalue weighted by Crippen LogP contribution is -2.51. The molecule has 1 aromatic rings. The van der Waals surface area contributed by atoms with Gasteiger partial charge in [-0.3, -0.25) is 9.69 Å². The first-order valence-corrected chi connectivity index (χ1v) is 7.71. The molecular formula is C14H23N3OS. The summed E-state index contributed by atoms with van der Waals surface area (Å²) in [6.45, 7) is 6.40. The van der Waals surface area contributed by atoms with Crippen molar-refractivity contribution >= 4 is 17.2 Å². The monoisotopic (exact) mass is 281 g/mol. The molecule has 2 heterocycles. The van der Waals surface area contributed by atoms with Crippen LogP contribution in [0, 0.1) is 0 Å². The van der Waals surface area contributed by atoms with Gasteiger partial charge in [0.25, 0.3) is 0 Å². The van der Waals surface area contributed by atoms with Crippen LogP contribution in [0.3, 0.4) is 0 Å². The summed E-state index contributed by atoms with van der Waals surface area (Å²) in [7, 11) is 3.87. The summed E-state index contributed by atoms with van der Waals surface area (Å²) in [6, 6.07) is 2.65. The summed E-state index contributed by atoms with van der Waals surface area (Å²) >= 11 is 1.75. The molecule has 2 rings (SSSR count). The third kappa shape index (κ3) is 3.78. The molecule has 1 saturated heterocycles. The average molecular weight is 281 g/mol. The first-order valence-electron chi connectivity index (χ1n) is 6.76. The molecule has 4 nitrogen and oxygen atoms in total. The number of carbonyl (C=O) groups excluding carboxylic acids is 1. The minimum Gasteiger partial charge on any atom is -0.339 e. The van der Waals surface area contributed by atoms with Gasteiger partial charge in [0.2, 0.25) is 5.91 Å². The van der Waals surface area contributed by atoms with E-state index in [9.17, 15) is 4.79 Å². The van der Waals surface area contributed by atoms with Gasteiger partial charge in [-0.1, -0.05) is 0 Å². The zero-order chi connectivity index (χ0) is 13.8. The standard InChI is InChI=1S/C14H23N3OS/c1-12(13-4-9-19-11-13)16-5-7-17(8-6-16)14(18)10-15(2)3/h4,9,11-12H,5-8,10H2,1-3H3. The fourth-order valence-corrected chi connectivity index (χ4v) is 3.20. The number of likely N-dealkylation sites (N-methyl/N-ethyl adjacent to an activating group) is 1. The van der Waals surface area contributed by atoms with E-state index in [1.807, 2.05) is 23.9 Å². The third-order valence-corrected chi connectivity index (χ3v) is 4.39. The van der Waals surface area contributed by atoms with Crippen LogP contribution in [0.2, 0.25) is 0 Å². The van der Waals surface area contributed by atoms with Gasteiger partial charge in [0.1, 0.15) is 0 Å². The number of rotatable bonds is 4. The molecule has 0 radical (unpaired) electrons. The van der Waals surface area contributed by atoms with Crippen LogP contribution >= 0.6 is 11.3 Å². The normalized spacial score (nSPS) is 18.8. The Bertz CT molecular complexity index is 397. The number of amides is 1. The Morgan fingerprint density at radius 3 is 2.58 bits per heavy atom. The fourth-order valence-electron chi connectivity index (χ4n) is 2.45. The highest BCUT2D eigenvalue weighted by molar-refractivity contribution is 7.07. The van der Waals surface area contributed by atoms with Crippen LogP contribution in [0.25, 0.3) is 0 Å². The predicted molar refractivity (Wildman–Crippen MR) is 79.4 cm³/mol. The molecule has 1 aliphatic heterocycles. The number of hydrogen-bond donors (Lipinski definition) is 0. The van der Waals surface area contributed by atoms with E-state index in [1.54, 1.807) is 11.3 Å². The maximum atomic E-state index is 12.0. The molecule has 1 unspecified atom stereocenters. The van der Waals surface area contributed by atoms with Gasteiger partial charge in [-0.25, -0.2) is 0 Å². The summed E-state index contributed by atoms with van der Waals surface area (Å²) in [6.07, 6.45) is 0. The lowest BCUT2D eigenvalue weighted by atomic mass is 10.1. The van der Waals surface area contributed by atoms with Crippen molar-refractivity contribution < 1.29 is 4.79 Å². The van der Waals surface area contributed by atoms with E-state index < -0.39 is 0 Å². The molecule has 1 fully saturated rings. The number of thiophene rings is 1. The van der Waals surface area contributed by atoms with Crippen molar-refractivity contribution in [1.29, 1.82) is 0 Å². The largest absolute Gasteiger partial charge is 0.339 e. The van der Waals surface area contributed by atoms with Gasteiger partial charge in [0.15, 0.2) is 0 Å². The first-order chi connectivity index (χ1) is 9.08. The predicted octanol–water partition coefficient (Wildman–Crippen LogP) is 1.51. The van der Waals surface area contributed by atoms with E-state index in [0.717, 1.165) is 26.2 Å². The number of carbonyl (C=O) groups is 1. The summed E-state index contributed by atoms with van der Waals surface area (Å²) in [5, 5.41) is 4.34. The highest BCUT2D eigenvalue weighted by Crippen LogP contribution is 2.23. The van der Waals surface area contributed by atoms with Crippen molar-refractivity contribution in [3.8, 4) is 0 Å². The summed E-state index contributed by atoms with van der Waals surface area (Å²) in [5.74, 6) is 0.243. The Hall–Kier alpha value is -0.910. The summed E-state index contributed by atoms with van der Waals surface area (Å²) < 4.78 is 0. The summed E-state index contributed by atoms with van der Waals surface area (Å²) in [5.41, 5.74) is 1.39. The van der Waals surface area contributed by atoms with E-state index in [1.165, 1.54) is 5.56 Å². The molecule has 1 amide bonds.